The number of rotatable bonds is 6. The summed E-state index contributed by atoms with van der Waals surface area (Å²) in [5.74, 6) is 0. The zero-order valence-corrected chi connectivity index (χ0v) is 14.6. The number of likely N-dealkylation sites (tertiary alicyclic amines) is 1. The number of aliphatic hydroxyl groups excluding tert-OH is 1. The Morgan fingerprint density at radius 1 is 1.39 bits per heavy atom. The SMILES string of the molecule is Cc1nn(C)c(C)c1CCCNC(=O)N1CCCCC1CCO. The first-order valence-corrected chi connectivity index (χ1v) is 8.69. The van der Waals surface area contributed by atoms with Gasteiger partial charge in [-0.05, 0) is 57.9 Å². The average molecular weight is 322 g/mol. The molecule has 0 saturated carbocycles. The molecule has 0 aliphatic carbocycles. The molecule has 1 aliphatic heterocycles. The molecule has 6 nitrogen and oxygen atoms in total. The van der Waals surface area contributed by atoms with Crippen LogP contribution in [0.25, 0.3) is 0 Å². The Bertz CT molecular complexity index is 525. The fraction of sp³-hybridized carbons (Fsp3) is 0.765. The third-order valence-corrected chi connectivity index (χ3v) is 4.89. The van der Waals surface area contributed by atoms with Crippen LogP contribution in [0.1, 0.15) is 49.1 Å². The van der Waals surface area contributed by atoms with Crippen LogP contribution in [0.4, 0.5) is 4.79 Å². The molecule has 1 aromatic heterocycles. The van der Waals surface area contributed by atoms with Crippen LogP contribution in [0, 0.1) is 13.8 Å². The molecule has 0 aromatic carbocycles. The molecule has 130 valence electrons. The van der Waals surface area contributed by atoms with Gasteiger partial charge in [0.15, 0.2) is 0 Å². The highest BCUT2D eigenvalue weighted by atomic mass is 16.3. The largest absolute Gasteiger partial charge is 0.396 e. The van der Waals surface area contributed by atoms with Crippen LogP contribution < -0.4 is 5.32 Å². The van der Waals surface area contributed by atoms with E-state index in [1.165, 1.54) is 11.3 Å². The van der Waals surface area contributed by atoms with Gasteiger partial charge < -0.3 is 15.3 Å². The number of hydrogen-bond acceptors (Lipinski definition) is 3. The van der Waals surface area contributed by atoms with Gasteiger partial charge in [0.05, 0.1) is 5.69 Å². The van der Waals surface area contributed by atoms with E-state index in [2.05, 4.69) is 17.3 Å². The summed E-state index contributed by atoms with van der Waals surface area (Å²) in [6.07, 6.45) is 5.74. The lowest BCUT2D eigenvalue weighted by Gasteiger charge is -2.35. The van der Waals surface area contributed by atoms with Gasteiger partial charge in [-0.25, -0.2) is 4.79 Å². The zero-order valence-electron chi connectivity index (χ0n) is 14.6. The van der Waals surface area contributed by atoms with Gasteiger partial charge in [-0.3, -0.25) is 4.68 Å². The minimum Gasteiger partial charge on any atom is -0.396 e. The van der Waals surface area contributed by atoms with Crippen molar-refractivity contribution in [3.63, 3.8) is 0 Å². The van der Waals surface area contributed by atoms with E-state index in [1.54, 1.807) is 0 Å². The van der Waals surface area contributed by atoms with Crippen molar-refractivity contribution in [3.05, 3.63) is 17.0 Å². The van der Waals surface area contributed by atoms with Crippen LogP contribution in [-0.2, 0) is 13.5 Å². The number of nitrogens with one attached hydrogen (secondary N) is 1. The summed E-state index contributed by atoms with van der Waals surface area (Å²) < 4.78 is 1.91. The Balaban J connectivity index is 1.78. The van der Waals surface area contributed by atoms with Gasteiger partial charge in [-0.1, -0.05) is 0 Å². The Morgan fingerprint density at radius 2 is 2.17 bits per heavy atom. The summed E-state index contributed by atoms with van der Waals surface area (Å²) in [6.45, 7) is 5.75. The first kappa shape index (κ1) is 17.8. The van der Waals surface area contributed by atoms with Crippen molar-refractivity contribution in [2.75, 3.05) is 19.7 Å². The Kier molecular flexibility index (Phi) is 6.45. The van der Waals surface area contributed by atoms with Gasteiger partial charge in [0.25, 0.3) is 0 Å². The first-order valence-electron chi connectivity index (χ1n) is 8.69. The maximum absolute atomic E-state index is 12.3. The molecule has 1 aliphatic rings. The highest BCUT2D eigenvalue weighted by Crippen LogP contribution is 2.19. The lowest BCUT2D eigenvalue weighted by molar-refractivity contribution is 0.132. The minimum atomic E-state index is 0.0165. The van der Waals surface area contributed by atoms with Crippen LogP contribution in [-0.4, -0.2) is 51.6 Å². The molecule has 1 unspecified atom stereocenters. The summed E-state index contributed by atoms with van der Waals surface area (Å²) >= 11 is 0. The molecule has 1 saturated heterocycles. The number of nitrogens with zero attached hydrogens (tertiary/aromatic N) is 3. The van der Waals surface area contributed by atoms with Crippen LogP contribution in [0.3, 0.4) is 0 Å². The predicted molar refractivity (Wildman–Crippen MR) is 90.4 cm³/mol. The molecule has 0 spiro atoms. The second kappa shape index (κ2) is 8.34. The molecule has 1 fully saturated rings. The average Bonchev–Trinajstić information content (AvgIpc) is 2.78. The molecule has 2 rings (SSSR count). The van der Waals surface area contributed by atoms with Crippen LogP contribution >= 0.6 is 0 Å². The van der Waals surface area contributed by atoms with Crippen molar-refractivity contribution in [2.24, 2.45) is 7.05 Å². The third kappa shape index (κ3) is 4.47. The summed E-state index contributed by atoms with van der Waals surface area (Å²) in [7, 11) is 1.96. The van der Waals surface area contributed by atoms with Crippen molar-refractivity contribution in [3.8, 4) is 0 Å². The van der Waals surface area contributed by atoms with Crippen LogP contribution in [0.15, 0.2) is 0 Å². The Labute approximate surface area is 138 Å². The lowest BCUT2D eigenvalue weighted by atomic mass is 10.0. The van der Waals surface area contributed by atoms with Gasteiger partial charge >= 0.3 is 6.03 Å². The summed E-state index contributed by atoms with van der Waals surface area (Å²) in [5.41, 5.74) is 3.57. The fourth-order valence-electron chi connectivity index (χ4n) is 3.46. The van der Waals surface area contributed by atoms with Crippen LogP contribution in [0.2, 0.25) is 0 Å². The molecule has 1 aromatic rings. The number of carbonyl (C=O) groups excluding carboxylic acids is 1. The van der Waals surface area contributed by atoms with Crippen molar-refractivity contribution >= 4 is 6.03 Å². The summed E-state index contributed by atoms with van der Waals surface area (Å²) in [4.78, 5) is 14.3. The number of hydrogen-bond donors (Lipinski definition) is 2. The standard InChI is InChI=1S/C17H30N4O2/c1-13-16(14(2)20(3)19-13)8-6-10-18-17(23)21-11-5-4-7-15(21)9-12-22/h15,22H,4-12H2,1-3H3,(H,18,23). The van der Waals surface area contributed by atoms with E-state index in [4.69, 9.17) is 5.11 Å². The maximum atomic E-state index is 12.3. The first-order chi connectivity index (χ1) is 11.0. The molecule has 2 N–H and O–H groups in total. The van der Waals surface area contributed by atoms with E-state index < -0.39 is 0 Å². The number of aromatic nitrogens is 2. The predicted octanol–water partition coefficient (Wildman–Crippen LogP) is 1.92. The second-order valence-electron chi connectivity index (χ2n) is 6.46. The molecule has 2 amide bonds. The van der Waals surface area contributed by atoms with E-state index >= 15 is 0 Å². The molecule has 1 atom stereocenters. The molecule has 0 radical (unpaired) electrons. The van der Waals surface area contributed by atoms with E-state index in [0.29, 0.717) is 13.0 Å². The van der Waals surface area contributed by atoms with Crippen molar-refractivity contribution in [2.45, 2.75) is 58.4 Å². The summed E-state index contributed by atoms with van der Waals surface area (Å²) in [5, 5.41) is 16.6. The van der Waals surface area contributed by atoms with E-state index in [1.807, 2.05) is 23.6 Å². The fourth-order valence-corrected chi connectivity index (χ4v) is 3.46. The topological polar surface area (TPSA) is 70.4 Å². The van der Waals surface area contributed by atoms with E-state index in [0.717, 1.165) is 44.3 Å². The highest BCUT2D eigenvalue weighted by Gasteiger charge is 2.25. The molecule has 0 bridgehead atoms. The van der Waals surface area contributed by atoms with Gasteiger partial charge in [0.1, 0.15) is 0 Å². The van der Waals surface area contributed by atoms with Crippen molar-refractivity contribution in [1.82, 2.24) is 20.0 Å². The second-order valence-corrected chi connectivity index (χ2v) is 6.46. The highest BCUT2D eigenvalue weighted by molar-refractivity contribution is 5.74. The molecule has 23 heavy (non-hydrogen) atoms. The lowest BCUT2D eigenvalue weighted by Crippen LogP contribution is -2.49. The van der Waals surface area contributed by atoms with Gasteiger partial charge in [0.2, 0.25) is 0 Å². The molecular weight excluding hydrogens is 292 g/mol. The van der Waals surface area contributed by atoms with E-state index in [-0.39, 0.29) is 18.7 Å². The maximum Gasteiger partial charge on any atom is 0.317 e. The zero-order chi connectivity index (χ0) is 16.8. The number of amides is 2. The van der Waals surface area contributed by atoms with Gasteiger partial charge in [-0.2, -0.15) is 5.10 Å². The van der Waals surface area contributed by atoms with E-state index in [9.17, 15) is 4.79 Å². The number of aliphatic hydroxyl groups is 1. The number of aryl methyl sites for hydroxylation is 2. The van der Waals surface area contributed by atoms with Crippen molar-refractivity contribution < 1.29 is 9.90 Å². The third-order valence-electron chi connectivity index (χ3n) is 4.89. The van der Waals surface area contributed by atoms with Crippen LogP contribution in [0.5, 0.6) is 0 Å². The van der Waals surface area contributed by atoms with Gasteiger partial charge in [-0.15, -0.1) is 0 Å². The number of carbonyl (C=O) groups is 1. The van der Waals surface area contributed by atoms with Gasteiger partial charge in [0, 0.05) is 38.5 Å². The smallest absolute Gasteiger partial charge is 0.317 e. The number of piperidine rings is 1. The normalized spacial score (nSPS) is 18.3. The summed E-state index contributed by atoms with van der Waals surface area (Å²) in [6, 6.07) is 0.208. The Morgan fingerprint density at radius 3 is 2.83 bits per heavy atom. The molecule has 6 heteroatoms. The molecule has 2 heterocycles. The monoisotopic (exact) mass is 322 g/mol. The minimum absolute atomic E-state index is 0.0165. The Hall–Kier alpha value is -1.56. The molecular formula is C17H30N4O2. The number of urea groups is 1. The van der Waals surface area contributed by atoms with Crippen molar-refractivity contribution in [1.29, 1.82) is 0 Å². The quantitative estimate of drug-likeness (QED) is 0.786.